The average molecular weight is 307 g/mol. The highest BCUT2D eigenvalue weighted by molar-refractivity contribution is 5.94. The predicted molar refractivity (Wildman–Crippen MR) is 86.0 cm³/mol. The number of rotatable bonds is 2. The summed E-state index contributed by atoms with van der Waals surface area (Å²) in [4.78, 5) is 24.6. The molecule has 2 heterocycles. The summed E-state index contributed by atoms with van der Waals surface area (Å²) in [6.45, 7) is 4.50. The molecule has 1 aromatic carbocycles. The smallest absolute Gasteiger partial charge is 0.253 e. The molecule has 0 saturated carbocycles. The van der Waals surface area contributed by atoms with Crippen molar-refractivity contribution in [3.63, 3.8) is 0 Å². The maximum atomic E-state index is 12.5. The molecule has 0 unspecified atom stereocenters. The summed E-state index contributed by atoms with van der Waals surface area (Å²) in [5, 5.41) is 9.12. The molecule has 0 atom stereocenters. The van der Waals surface area contributed by atoms with Crippen LogP contribution in [-0.4, -0.2) is 47.0 Å². The molecule has 1 aromatic heterocycles. The number of amides is 1. The highest BCUT2D eigenvalue weighted by atomic mass is 16.2. The van der Waals surface area contributed by atoms with E-state index in [9.17, 15) is 4.79 Å². The number of nitrogens with zero attached hydrogens (tertiary/aromatic N) is 5. The van der Waals surface area contributed by atoms with E-state index in [1.54, 1.807) is 6.20 Å². The third kappa shape index (κ3) is 3.14. The fraction of sp³-hybridized carbons (Fsp3) is 0.294. The lowest BCUT2D eigenvalue weighted by atomic mass is 10.1. The lowest BCUT2D eigenvalue weighted by molar-refractivity contribution is 0.0746. The standard InChI is InChI=1S/C17H17N5O/c1-13-2-4-14(5-3-13)17(23)22-10-8-21(9-11-22)16-15(12-18)19-6-7-20-16/h2-7H,8-11H2,1H3. The van der Waals surface area contributed by atoms with Crippen LogP contribution in [0.15, 0.2) is 36.7 Å². The van der Waals surface area contributed by atoms with Crippen molar-refractivity contribution < 1.29 is 4.79 Å². The Bertz CT molecular complexity index is 742. The second-order valence-electron chi connectivity index (χ2n) is 5.49. The van der Waals surface area contributed by atoms with Crippen molar-refractivity contribution in [3.05, 3.63) is 53.5 Å². The van der Waals surface area contributed by atoms with E-state index >= 15 is 0 Å². The number of nitriles is 1. The van der Waals surface area contributed by atoms with Crippen molar-refractivity contribution in [2.24, 2.45) is 0 Å². The molecule has 0 aliphatic carbocycles. The van der Waals surface area contributed by atoms with E-state index in [4.69, 9.17) is 5.26 Å². The average Bonchev–Trinajstić information content (AvgIpc) is 2.62. The Hall–Kier alpha value is -2.94. The molecule has 1 aliphatic rings. The van der Waals surface area contributed by atoms with Crippen molar-refractivity contribution in [3.8, 4) is 6.07 Å². The van der Waals surface area contributed by atoms with E-state index in [1.165, 1.54) is 6.20 Å². The van der Waals surface area contributed by atoms with Gasteiger partial charge in [0.2, 0.25) is 0 Å². The van der Waals surface area contributed by atoms with E-state index in [-0.39, 0.29) is 5.91 Å². The van der Waals surface area contributed by atoms with Crippen molar-refractivity contribution in [2.75, 3.05) is 31.1 Å². The van der Waals surface area contributed by atoms with Gasteiger partial charge in [-0.05, 0) is 19.1 Å². The van der Waals surface area contributed by atoms with E-state index in [0.717, 1.165) is 5.56 Å². The largest absolute Gasteiger partial charge is 0.351 e. The Morgan fingerprint density at radius 2 is 1.74 bits per heavy atom. The molecule has 6 heteroatoms. The van der Waals surface area contributed by atoms with Gasteiger partial charge >= 0.3 is 0 Å². The van der Waals surface area contributed by atoms with Gasteiger partial charge in [0.1, 0.15) is 6.07 Å². The number of benzene rings is 1. The molecule has 0 bridgehead atoms. The zero-order valence-corrected chi connectivity index (χ0v) is 12.9. The van der Waals surface area contributed by atoms with Gasteiger partial charge < -0.3 is 9.80 Å². The van der Waals surface area contributed by atoms with E-state index in [1.807, 2.05) is 41.0 Å². The highest BCUT2D eigenvalue weighted by Gasteiger charge is 2.24. The zero-order chi connectivity index (χ0) is 16.2. The van der Waals surface area contributed by atoms with Gasteiger partial charge in [-0.25, -0.2) is 9.97 Å². The number of hydrogen-bond donors (Lipinski definition) is 0. The van der Waals surface area contributed by atoms with Gasteiger partial charge in [-0.15, -0.1) is 0 Å². The summed E-state index contributed by atoms with van der Waals surface area (Å²) >= 11 is 0. The number of carbonyl (C=O) groups is 1. The quantitative estimate of drug-likeness (QED) is 0.843. The van der Waals surface area contributed by atoms with Gasteiger partial charge in [0, 0.05) is 44.1 Å². The summed E-state index contributed by atoms with van der Waals surface area (Å²) in [6.07, 6.45) is 3.10. The molecule has 0 radical (unpaired) electrons. The molecular weight excluding hydrogens is 290 g/mol. The number of aryl methyl sites for hydroxylation is 1. The number of piperazine rings is 1. The number of carbonyl (C=O) groups excluding carboxylic acids is 1. The maximum Gasteiger partial charge on any atom is 0.253 e. The number of hydrogen-bond acceptors (Lipinski definition) is 5. The zero-order valence-electron chi connectivity index (χ0n) is 12.9. The summed E-state index contributed by atoms with van der Waals surface area (Å²) < 4.78 is 0. The van der Waals surface area contributed by atoms with Gasteiger partial charge in [-0.2, -0.15) is 5.26 Å². The van der Waals surface area contributed by atoms with E-state index < -0.39 is 0 Å². The van der Waals surface area contributed by atoms with Gasteiger partial charge in [0.15, 0.2) is 11.5 Å². The predicted octanol–water partition coefficient (Wildman–Crippen LogP) is 1.62. The Morgan fingerprint density at radius 1 is 1.09 bits per heavy atom. The second-order valence-corrected chi connectivity index (χ2v) is 5.49. The van der Waals surface area contributed by atoms with Crippen LogP contribution in [0, 0.1) is 18.3 Å². The maximum absolute atomic E-state index is 12.5. The Labute approximate surface area is 135 Å². The van der Waals surface area contributed by atoms with Crippen molar-refractivity contribution in [2.45, 2.75) is 6.92 Å². The van der Waals surface area contributed by atoms with Gasteiger partial charge in [-0.1, -0.05) is 17.7 Å². The molecular formula is C17H17N5O. The summed E-state index contributed by atoms with van der Waals surface area (Å²) in [6, 6.07) is 9.68. The Balaban J connectivity index is 1.68. The fourth-order valence-corrected chi connectivity index (χ4v) is 2.64. The molecule has 3 rings (SSSR count). The molecule has 1 saturated heterocycles. The fourth-order valence-electron chi connectivity index (χ4n) is 2.64. The van der Waals surface area contributed by atoms with Crippen LogP contribution in [0.2, 0.25) is 0 Å². The first-order chi connectivity index (χ1) is 11.2. The van der Waals surface area contributed by atoms with Gasteiger partial charge in [-0.3, -0.25) is 4.79 Å². The highest BCUT2D eigenvalue weighted by Crippen LogP contribution is 2.17. The third-order valence-electron chi connectivity index (χ3n) is 3.95. The van der Waals surface area contributed by atoms with Gasteiger partial charge in [0.25, 0.3) is 5.91 Å². The first-order valence-corrected chi connectivity index (χ1v) is 7.51. The van der Waals surface area contributed by atoms with Crippen LogP contribution < -0.4 is 4.90 Å². The van der Waals surface area contributed by atoms with Crippen LogP contribution in [0.4, 0.5) is 5.82 Å². The lowest BCUT2D eigenvalue weighted by Gasteiger charge is -2.35. The normalized spacial score (nSPS) is 14.4. The van der Waals surface area contributed by atoms with E-state index in [2.05, 4.69) is 16.0 Å². The van der Waals surface area contributed by atoms with Crippen molar-refractivity contribution >= 4 is 11.7 Å². The summed E-state index contributed by atoms with van der Waals surface area (Å²) in [5.74, 6) is 0.640. The minimum absolute atomic E-state index is 0.0457. The Morgan fingerprint density at radius 3 is 2.39 bits per heavy atom. The van der Waals surface area contributed by atoms with Crippen molar-refractivity contribution in [1.29, 1.82) is 5.26 Å². The Kier molecular flexibility index (Phi) is 4.20. The van der Waals surface area contributed by atoms with Crippen LogP contribution in [0.25, 0.3) is 0 Å². The van der Waals surface area contributed by atoms with Crippen LogP contribution in [-0.2, 0) is 0 Å². The van der Waals surface area contributed by atoms with Crippen LogP contribution in [0.5, 0.6) is 0 Å². The number of anilines is 1. The lowest BCUT2D eigenvalue weighted by Crippen LogP contribution is -2.49. The third-order valence-corrected chi connectivity index (χ3v) is 3.95. The minimum Gasteiger partial charge on any atom is -0.351 e. The molecule has 0 spiro atoms. The van der Waals surface area contributed by atoms with E-state index in [0.29, 0.717) is 43.3 Å². The van der Waals surface area contributed by atoms with Gasteiger partial charge in [0.05, 0.1) is 0 Å². The summed E-state index contributed by atoms with van der Waals surface area (Å²) in [5.41, 5.74) is 2.17. The summed E-state index contributed by atoms with van der Waals surface area (Å²) in [7, 11) is 0. The minimum atomic E-state index is 0.0457. The molecule has 1 amide bonds. The van der Waals surface area contributed by atoms with Crippen LogP contribution in [0.1, 0.15) is 21.6 Å². The SMILES string of the molecule is Cc1ccc(C(=O)N2CCN(c3nccnc3C#N)CC2)cc1. The molecule has 1 fully saturated rings. The van der Waals surface area contributed by atoms with Crippen LogP contribution >= 0.6 is 0 Å². The molecule has 0 N–H and O–H groups in total. The molecule has 6 nitrogen and oxygen atoms in total. The van der Waals surface area contributed by atoms with Crippen LogP contribution in [0.3, 0.4) is 0 Å². The number of aromatic nitrogens is 2. The molecule has 23 heavy (non-hydrogen) atoms. The topological polar surface area (TPSA) is 73.1 Å². The molecule has 116 valence electrons. The first kappa shape index (κ1) is 15.0. The molecule has 1 aliphatic heterocycles. The second kappa shape index (κ2) is 6.44. The van der Waals surface area contributed by atoms with Crippen molar-refractivity contribution in [1.82, 2.24) is 14.9 Å². The monoisotopic (exact) mass is 307 g/mol. The molecule has 2 aromatic rings. The first-order valence-electron chi connectivity index (χ1n) is 7.51.